The van der Waals surface area contributed by atoms with Crippen molar-refractivity contribution in [2.45, 2.75) is 14.4 Å². The Balaban J connectivity index is 0.00000192. The number of thiophene rings is 1. The van der Waals surface area contributed by atoms with Crippen molar-refractivity contribution < 1.29 is 9.18 Å². The van der Waals surface area contributed by atoms with E-state index in [0.717, 1.165) is 10.4 Å². The van der Waals surface area contributed by atoms with Gasteiger partial charge in [0.05, 0.1) is 5.56 Å². The average Bonchev–Trinajstić information content (AvgIpc) is 3.04. The van der Waals surface area contributed by atoms with Gasteiger partial charge in [0, 0.05) is 28.5 Å². The van der Waals surface area contributed by atoms with Crippen molar-refractivity contribution in [3.8, 4) is 10.4 Å². The predicted molar refractivity (Wildman–Crippen MR) is 93.4 cm³/mol. The summed E-state index contributed by atoms with van der Waals surface area (Å²) in [4.78, 5) is 17.5. The van der Waals surface area contributed by atoms with E-state index in [2.05, 4.69) is 10.3 Å². The zero-order valence-electron chi connectivity index (χ0n) is 11.8. The third kappa shape index (κ3) is 3.81. The first-order valence-corrected chi connectivity index (χ1v) is 7.58. The van der Waals surface area contributed by atoms with E-state index < -0.39 is 0 Å². The molecule has 1 amide bonds. The van der Waals surface area contributed by atoms with Gasteiger partial charge in [-0.25, -0.2) is 4.39 Å². The summed E-state index contributed by atoms with van der Waals surface area (Å²) in [6.45, 7) is 1.75. The lowest BCUT2D eigenvalue weighted by Gasteiger charge is -2.09. The maximum absolute atomic E-state index is 13.1. The second-order valence-electron chi connectivity index (χ2n) is 4.85. The minimum absolute atomic E-state index is 0. The Hall–Kier alpha value is -2.53. The molecular weight excluding hydrogens is 311 g/mol. The van der Waals surface area contributed by atoms with Gasteiger partial charge in [-0.3, -0.25) is 9.78 Å². The number of hydrogen-bond acceptors (Lipinski definition) is 3. The summed E-state index contributed by atoms with van der Waals surface area (Å²) in [7, 11) is 0. The average molecular weight is 328 g/mol. The fourth-order valence-corrected chi connectivity index (χ4v) is 2.81. The van der Waals surface area contributed by atoms with E-state index in [-0.39, 0.29) is 19.2 Å². The molecule has 3 aromatic rings. The molecule has 0 aliphatic carbocycles. The Morgan fingerprint density at radius 3 is 2.74 bits per heavy atom. The second-order valence-corrected chi connectivity index (χ2v) is 5.80. The molecule has 23 heavy (non-hydrogen) atoms. The van der Waals surface area contributed by atoms with Crippen LogP contribution in [0.25, 0.3) is 10.4 Å². The molecule has 0 radical (unpaired) electrons. The first-order valence-electron chi connectivity index (χ1n) is 6.70. The molecular formula is C18H17FN2OS. The van der Waals surface area contributed by atoms with Crippen LogP contribution in [0.15, 0.2) is 54.2 Å². The topological polar surface area (TPSA) is 42.0 Å². The van der Waals surface area contributed by atoms with Gasteiger partial charge in [-0.05, 0) is 48.2 Å². The van der Waals surface area contributed by atoms with Crippen LogP contribution in [0.4, 0.5) is 10.1 Å². The molecule has 5 heteroatoms. The highest BCUT2D eigenvalue weighted by molar-refractivity contribution is 7.13. The lowest BCUT2D eigenvalue weighted by molar-refractivity contribution is 0.102. The van der Waals surface area contributed by atoms with Gasteiger partial charge < -0.3 is 5.32 Å². The van der Waals surface area contributed by atoms with Crippen molar-refractivity contribution in [3.05, 3.63) is 71.1 Å². The van der Waals surface area contributed by atoms with E-state index in [1.807, 2.05) is 17.5 Å². The van der Waals surface area contributed by atoms with Gasteiger partial charge in [0.1, 0.15) is 5.82 Å². The SMILES string of the molecule is C.Cc1cc(F)ccc1NC(=O)c1cncc(-c2cccs2)c1. The van der Waals surface area contributed by atoms with E-state index >= 15 is 0 Å². The van der Waals surface area contributed by atoms with Crippen LogP contribution in [0.5, 0.6) is 0 Å². The van der Waals surface area contributed by atoms with Crippen molar-refractivity contribution in [2.75, 3.05) is 5.32 Å². The number of halogens is 1. The lowest BCUT2D eigenvalue weighted by Crippen LogP contribution is -2.13. The van der Waals surface area contributed by atoms with Crippen LogP contribution in [0, 0.1) is 12.7 Å². The Labute approximate surface area is 138 Å². The van der Waals surface area contributed by atoms with Crippen molar-refractivity contribution in [1.82, 2.24) is 4.98 Å². The number of carbonyl (C=O) groups is 1. The molecule has 0 aliphatic heterocycles. The normalized spacial score (nSPS) is 10.0. The number of aryl methyl sites for hydroxylation is 1. The molecule has 3 nitrogen and oxygen atoms in total. The highest BCUT2D eigenvalue weighted by Crippen LogP contribution is 2.25. The number of nitrogens with one attached hydrogen (secondary N) is 1. The van der Waals surface area contributed by atoms with E-state index in [9.17, 15) is 9.18 Å². The summed E-state index contributed by atoms with van der Waals surface area (Å²) in [5.41, 5.74) is 2.64. The number of rotatable bonds is 3. The van der Waals surface area contributed by atoms with Gasteiger partial charge in [0.15, 0.2) is 0 Å². The minimum Gasteiger partial charge on any atom is -0.322 e. The number of amides is 1. The molecule has 2 aromatic heterocycles. The molecule has 0 aliphatic rings. The summed E-state index contributed by atoms with van der Waals surface area (Å²) in [5, 5.41) is 4.76. The summed E-state index contributed by atoms with van der Waals surface area (Å²) in [6.07, 6.45) is 3.25. The maximum Gasteiger partial charge on any atom is 0.257 e. The molecule has 2 heterocycles. The zero-order valence-corrected chi connectivity index (χ0v) is 12.7. The molecule has 1 N–H and O–H groups in total. The molecule has 0 saturated heterocycles. The van der Waals surface area contributed by atoms with Crippen LogP contribution in [0.1, 0.15) is 23.3 Å². The highest BCUT2D eigenvalue weighted by Gasteiger charge is 2.10. The Morgan fingerprint density at radius 2 is 2.04 bits per heavy atom. The second kappa shape index (κ2) is 7.15. The minimum atomic E-state index is -0.322. The first-order chi connectivity index (χ1) is 10.6. The Morgan fingerprint density at radius 1 is 1.22 bits per heavy atom. The number of nitrogens with zero attached hydrogens (tertiary/aromatic N) is 1. The maximum atomic E-state index is 13.1. The highest BCUT2D eigenvalue weighted by atomic mass is 32.1. The van der Waals surface area contributed by atoms with Crippen molar-refractivity contribution >= 4 is 22.9 Å². The molecule has 0 atom stereocenters. The van der Waals surface area contributed by atoms with Gasteiger partial charge in [0.2, 0.25) is 0 Å². The van der Waals surface area contributed by atoms with Crippen LogP contribution in [-0.4, -0.2) is 10.9 Å². The summed E-state index contributed by atoms with van der Waals surface area (Å²) in [5.74, 6) is -0.586. The van der Waals surface area contributed by atoms with Crippen LogP contribution in [0.2, 0.25) is 0 Å². The summed E-state index contributed by atoms with van der Waals surface area (Å²) < 4.78 is 13.1. The third-order valence-electron chi connectivity index (χ3n) is 3.24. The lowest BCUT2D eigenvalue weighted by atomic mass is 10.1. The number of anilines is 1. The quantitative estimate of drug-likeness (QED) is 0.723. The van der Waals surface area contributed by atoms with Gasteiger partial charge in [-0.1, -0.05) is 13.5 Å². The molecule has 0 spiro atoms. The molecule has 0 fully saturated rings. The van der Waals surface area contributed by atoms with Gasteiger partial charge in [0.25, 0.3) is 5.91 Å². The Bertz CT molecular complexity index is 816. The fourth-order valence-electron chi connectivity index (χ4n) is 2.10. The molecule has 118 valence electrons. The first kappa shape index (κ1) is 16.8. The van der Waals surface area contributed by atoms with Crippen molar-refractivity contribution in [3.63, 3.8) is 0 Å². The van der Waals surface area contributed by atoms with Crippen LogP contribution < -0.4 is 5.32 Å². The molecule has 1 aromatic carbocycles. The molecule has 0 bridgehead atoms. The number of pyridine rings is 1. The van der Waals surface area contributed by atoms with Crippen LogP contribution in [-0.2, 0) is 0 Å². The van der Waals surface area contributed by atoms with Gasteiger partial charge in [-0.2, -0.15) is 0 Å². The predicted octanol–water partition coefficient (Wildman–Crippen LogP) is 5.15. The Kier molecular flexibility index (Phi) is 5.24. The van der Waals surface area contributed by atoms with Crippen LogP contribution in [0.3, 0.4) is 0 Å². The van der Waals surface area contributed by atoms with E-state index in [1.165, 1.54) is 18.3 Å². The van der Waals surface area contributed by atoms with Crippen molar-refractivity contribution in [2.24, 2.45) is 0 Å². The fraction of sp³-hybridized carbons (Fsp3) is 0.111. The molecule has 3 rings (SSSR count). The van der Waals surface area contributed by atoms with Crippen molar-refractivity contribution in [1.29, 1.82) is 0 Å². The van der Waals surface area contributed by atoms with E-state index in [1.54, 1.807) is 36.6 Å². The number of carbonyl (C=O) groups excluding carboxylic acids is 1. The van der Waals surface area contributed by atoms with E-state index in [0.29, 0.717) is 16.8 Å². The summed E-state index contributed by atoms with van der Waals surface area (Å²) in [6, 6.07) is 9.99. The zero-order chi connectivity index (χ0) is 15.5. The largest absolute Gasteiger partial charge is 0.322 e. The van der Waals surface area contributed by atoms with E-state index in [4.69, 9.17) is 0 Å². The number of aromatic nitrogens is 1. The third-order valence-corrected chi connectivity index (χ3v) is 4.16. The molecule has 0 unspecified atom stereocenters. The standard InChI is InChI=1S/C17H13FN2OS.CH4/c1-11-7-14(18)4-5-15(11)20-17(21)13-8-12(9-19-10-13)16-3-2-6-22-16;/h2-10H,1H3,(H,20,21);1H4. The van der Waals surface area contributed by atoms with Gasteiger partial charge >= 0.3 is 0 Å². The van der Waals surface area contributed by atoms with Crippen LogP contribution >= 0.6 is 11.3 Å². The van der Waals surface area contributed by atoms with Gasteiger partial charge in [-0.15, -0.1) is 11.3 Å². The number of benzene rings is 1. The monoisotopic (exact) mass is 328 g/mol. The number of hydrogen-bond donors (Lipinski definition) is 1. The molecule has 0 saturated carbocycles. The smallest absolute Gasteiger partial charge is 0.257 e. The summed E-state index contributed by atoms with van der Waals surface area (Å²) >= 11 is 1.59.